The molecule has 0 spiro atoms. The molecule has 1 fully saturated rings. The van der Waals surface area contributed by atoms with Crippen molar-refractivity contribution >= 4 is 63.2 Å². The van der Waals surface area contributed by atoms with Crippen molar-refractivity contribution in [2.24, 2.45) is 11.3 Å². The van der Waals surface area contributed by atoms with Crippen LogP contribution in [-0.2, 0) is 56.0 Å². The summed E-state index contributed by atoms with van der Waals surface area (Å²) in [6, 6.07) is 9.43. The molecule has 0 unspecified atom stereocenters. The van der Waals surface area contributed by atoms with Crippen LogP contribution in [0.2, 0.25) is 0 Å². The average molecular weight is 965 g/mol. The molecule has 0 atom stereocenters. The number of sulfonamides is 1. The molecule has 15 nitrogen and oxygen atoms in total. The molecule has 0 aromatic heterocycles. The number of ketones is 1. The Morgan fingerprint density at radius 2 is 1.30 bits per heavy atom. The van der Waals surface area contributed by atoms with E-state index in [0.717, 1.165) is 22.7 Å². The second-order valence-corrected chi connectivity index (χ2v) is 25.2. The first-order chi connectivity index (χ1) is 29.5. The van der Waals surface area contributed by atoms with E-state index in [-0.39, 0.29) is 53.2 Å². The fraction of sp³-hybridized carbons (Fsp3) is 0.511. The minimum absolute atomic E-state index is 0.137. The third-order valence-corrected chi connectivity index (χ3v) is 16.6. The van der Waals surface area contributed by atoms with Crippen LogP contribution in [0.3, 0.4) is 0 Å². The number of Topliss-reactive ketones (excluding diaryl/α,β-unsaturated/α-hetero) is 1. The molecule has 3 aliphatic heterocycles. The van der Waals surface area contributed by atoms with E-state index < -0.39 is 62.4 Å². The summed E-state index contributed by atoms with van der Waals surface area (Å²) in [5.41, 5.74) is 2.69. The summed E-state index contributed by atoms with van der Waals surface area (Å²) in [5, 5.41) is 0. The number of anilines is 1. The lowest BCUT2D eigenvalue weighted by Gasteiger charge is -2.33. The standard InChI is InChI=1S/C45H61N3O12S4/c1-43(2,3)42(49)33-23-27-46(28-24-33)63(56,57)34-19-21-38-36(31-34)44(4,5)40(47(38)25-13-15-29-61(50,51)52)17-11-9-8-10-12-18-41-45(6,7)37-32-35(64(58,59)60)20-22-39(37)48(41)26-14-16-30-62(53,54)55/h8-12,17-22,31-33H,13-16,23-30H2,1-7H3,(H2-,50,51,52,53,54,55,58,59,60)/p+1. The van der Waals surface area contributed by atoms with Crippen LogP contribution in [0.5, 0.6) is 0 Å². The fourth-order valence-corrected chi connectivity index (χ4v) is 12.0. The molecule has 19 heteroatoms. The molecule has 0 aliphatic carbocycles. The number of hydrogen-bond acceptors (Lipinski definition) is 10. The summed E-state index contributed by atoms with van der Waals surface area (Å²) in [6.45, 7) is 14.7. The molecule has 352 valence electrons. The zero-order chi connectivity index (χ0) is 47.7. The van der Waals surface area contributed by atoms with Gasteiger partial charge < -0.3 is 4.90 Å². The van der Waals surface area contributed by atoms with Crippen LogP contribution in [0.1, 0.15) is 98.1 Å². The second kappa shape index (κ2) is 19.2. The molecule has 0 saturated carbocycles. The van der Waals surface area contributed by atoms with Gasteiger partial charge in [0.25, 0.3) is 30.4 Å². The summed E-state index contributed by atoms with van der Waals surface area (Å²) in [4.78, 5) is 14.8. The van der Waals surface area contributed by atoms with Gasteiger partial charge in [-0.25, -0.2) is 8.42 Å². The Bertz CT molecular complexity index is 2740. The van der Waals surface area contributed by atoms with Crippen LogP contribution in [0.4, 0.5) is 11.4 Å². The number of allylic oxidation sites excluding steroid dienone is 8. The zero-order valence-corrected chi connectivity index (χ0v) is 40.8. The minimum atomic E-state index is -4.47. The van der Waals surface area contributed by atoms with E-state index >= 15 is 0 Å². The monoisotopic (exact) mass is 964 g/mol. The predicted octanol–water partition coefficient (Wildman–Crippen LogP) is 7.01. The van der Waals surface area contributed by atoms with Crippen molar-refractivity contribution in [1.82, 2.24) is 4.31 Å². The molecular formula is C45H62N3O12S4+. The molecule has 1 saturated heterocycles. The largest absolute Gasteiger partial charge is 0.344 e. The van der Waals surface area contributed by atoms with Gasteiger partial charge in [-0.15, -0.1) is 0 Å². The predicted molar refractivity (Wildman–Crippen MR) is 249 cm³/mol. The maximum absolute atomic E-state index is 14.0. The number of hydrogen-bond donors (Lipinski definition) is 3. The first-order valence-electron chi connectivity index (χ1n) is 21.3. The van der Waals surface area contributed by atoms with E-state index in [0.29, 0.717) is 50.0 Å². The molecule has 3 heterocycles. The summed E-state index contributed by atoms with van der Waals surface area (Å²) in [6.07, 6.45) is 15.1. The lowest BCUT2D eigenvalue weighted by atomic mass is 9.79. The fourth-order valence-electron chi connectivity index (χ4n) is 8.83. The van der Waals surface area contributed by atoms with Crippen LogP contribution >= 0.6 is 0 Å². The maximum atomic E-state index is 14.0. The van der Waals surface area contributed by atoms with Crippen molar-refractivity contribution in [3.05, 3.63) is 95.8 Å². The third-order valence-electron chi connectivity index (χ3n) is 12.2. The molecule has 5 rings (SSSR count). The van der Waals surface area contributed by atoms with Gasteiger partial charge in [0, 0.05) is 71.9 Å². The molecule has 2 aromatic carbocycles. The van der Waals surface area contributed by atoms with Crippen LogP contribution in [0.25, 0.3) is 0 Å². The van der Waals surface area contributed by atoms with Gasteiger partial charge in [0.15, 0.2) is 5.71 Å². The number of piperidine rings is 1. The molecule has 2 aromatic rings. The Kier molecular flexibility index (Phi) is 15.3. The second-order valence-electron chi connectivity index (χ2n) is 18.7. The van der Waals surface area contributed by atoms with Gasteiger partial charge in [-0.1, -0.05) is 65.0 Å². The smallest absolute Gasteiger partial charge is 0.294 e. The number of rotatable bonds is 18. The number of fused-ring (bicyclic) bond motifs is 2. The average Bonchev–Trinajstić information content (AvgIpc) is 3.53. The quantitative estimate of drug-likeness (QED) is 0.0593. The number of carbonyl (C=O) groups excluding carboxylic acids is 1. The van der Waals surface area contributed by atoms with E-state index in [1.54, 1.807) is 24.3 Å². The van der Waals surface area contributed by atoms with Crippen molar-refractivity contribution in [2.75, 3.05) is 42.6 Å². The SMILES string of the molecule is CC(C)(C)C(=O)C1CCN(S(=O)(=O)c2ccc3c(c2)C(C)(C)C(/C=C/C=C/C=C/C=C2/N(CCCCS(=O)(=O)O)c4ccc(S(=O)(=O)O)cc4C2(C)C)=[N+]3CCCCS(=O)(=O)O)CC1. The first-order valence-corrected chi connectivity index (χ1v) is 27.4. The Morgan fingerprint density at radius 3 is 1.89 bits per heavy atom. The van der Waals surface area contributed by atoms with Gasteiger partial charge in [0.2, 0.25) is 15.7 Å². The van der Waals surface area contributed by atoms with E-state index in [9.17, 15) is 52.1 Å². The minimum Gasteiger partial charge on any atom is -0.344 e. The van der Waals surface area contributed by atoms with Crippen molar-refractivity contribution in [1.29, 1.82) is 0 Å². The summed E-state index contributed by atoms with van der Waals surface area (Å²) < 4.78 is 129. The van der Waals surface area contributed by atoms with E-state index in [1.165, 1.54) is 16.4 Å². The van der Waals surface area contributed by atoms with Crippen molar-refractivity contribution in [2.45, 2.75) is 108 Å². The normalized spacial score (nSPS) is 19.5. The summed E-state index contributed by atoms with van der Waals surface area (Å²) >= 11 is 0. The van der Waals surface area contributed by atoms with Crippen LogP contribution < -0.4 is 4.90 Å². The van der Waals surface area contributed by atoms with E-state index in [1.807, 2.05) is 100 Å². The lowest BCUT2D eigenvalue weighted by Crippen LogP contribution is -2.42. The van der Waals surface area contributed by atoms with Gasteiger partial charge in [-0.3, -0.25) is 18.5 Å². The summed E-state index contributed by atoms with van der Waals surface area (Å²) in [5.74, 6) is -0.833. The van der Waals surface area contributed by atoms with Gasteiger partial charge in [0.1, 0.15) is 12.3 Å². The first kappa shape index (κ1) is 51.2. The van der Waals surface area contributed by atoms with Crippen molar-refractivity contribution in [3.8, 4) is 0 Å². The molecule has 3 N–H and O–H groups in total. The molecule has 0 bridgehead atoms. The van der Waals surface area contributed by atoms with Gasteiger partial charge in [-0.2, -0.15) is 34.1 Å². The lowest BCUT2D eigenvalue weighted by molar-refractivity contribution is -0.438. The molecular weight excluding hydrogens is 903 g/mol. The van der Waals surface area contributed by atoms with E-state index in [2.05, 4.69) is 0 Å². The number of benzene rings is 2. The topological polar surface area (TPSA) is 224 Å². The number of unbranched alkanes of at least 4 members (excludes halogenated alkanes) is 2. The Balaban J connectivity index is 1.39. The van der Waals surface area contributed by atoms with Crippen LogP contribution in [-0.4, -0.2) is 105 Å². The number of carbonyl (C=O) groups is 1. The van der Waals surface area contributed by atoms with E-state index in [4.69, 9.17) is 0 Å². The summed E-state index contributed by atoms with van der Waals surface area (Å²) in [7, 11) is -16.6. The van der Waals surface area contributed by atoms with Gasteiger partial charge in [-0.05, 0) is 87.9 Å². The molecule has 64 heavy (non-hydrogen) atoms. The number of nitrogens with zero attached hydrogens (tertiary/aromatic N) is 3. The van der Waals surface area contributed by atoms with Crippen LogP contribution in [0.15, 0.2) is 94.4 Å². The highest BCUT2D eigenvalue weighted by Crippen LogP contribution is 2.49. The van der Waals surface area contributed by atoms with Crippen molar-refractivity contribution < 1.29 is 56.7 Å². The third kappa shape index (κ3) is 11.9. The Labute approximate surface area is 379 Å². The maximum Gasteiger partial charge on any atom is 0.294 e. The Hall–Kier alpha value is -3.82. The van der Waals surface area contributed by atoms with Crippen molar-refractivity contribution in [3.63, 3.8) is 0 Å². The Morgan fingerprint density at radius 1 is 0.734 bits per heavy atom. The highest BCUT2D eigenvalue weighted by atomic mass is 32.2. The molecule has 0 amide bonds. The highest BCUT2D eigenvalue weighted by molar-refractivity contribution is 7.89. The molecule has 0 radical (unpaired) electrons. The van der Waals surface area contributed by atoms with Crippen LogP contribution in [0, 0.1) is 11.3 Å². The highest BCUT2D eigenvalue weighted by Gasteiger charge is 2.46. The zero-order valence-electron chi connectivity index (χ0n) is 37.6. The molecule has 3 aliphatic rings. The van der Waals surface area contributed by atoms with Gasteiger partial charge in [0.05, 0.1) is 26.7 Å². The van der Waals surface area contributed by atoms with Gasteiger partial charge >= 0.3 is 0 Å².